The summed E-state index contributed by atoms with van der Waals surface area (Å²) in [7, 11) is 0. The van der Waals surface area contributed by atoms with Crippen molar-refractivity contribution in [2.75, 3.05) is 6.67 Å². The number of halogens is 2. The molecular formula is C16H13BFIN3O-. The number of fused-ring (bicyclic) bond motifs is 1. The molecule has 1 aromatic carbocycles. The van der Waals surface area contributed by atoms with Crippen molar-refractivity contribution in [2.24, 2.45) is 0 Å². The number of alkyl halides is 1. The van der Waals surface area contributed by atoms with Crippen molar-refractivity contribution in [3.8, 4) is 17.0 Å². The topological polar surface area (TPSA) is 50.9 Å². The van der Waals surface area contributed by atoms with Gasteiger partial charge in [-0.15, -0.1) is 0 Å². The molecule has 0 spiro atoms. The number of phenols is 1. The number of rotatable bonds is 4. The molecule has 0 amide bonds. The van der Waals surface area contributed by atoms with Crippen LogP contribution >= 0.6 is 0 Å². The average molecular weight is 420 g/mol. The van der Waals surface area contributed by atoms with E-state index in [1.807, 2.05) is 22.8 Å². The van der Waals surface area contributed by atoms with Gasteiger partial charge in [0.2, 0.25) is 0 Å². The van der Waals surface area contributed by atoms with Crippen molar-refractivity contribution in [3.05, 3.63) is 40.1 Å². The Morgan fingerprint density at radius 3 is 2.70 bits per heavy atom. The van der Waals surface area contributed by atoms with E-state index >= 15 is 0 Å². The maximum absolute atomic E-state index is 13.6. The third kappa shape index (κ3) is 2.32. The molecule has 7 heteroatoms. The van der Waals surface area contributed by atoms with E-state index in [0.29, 0.717) is 11.3 Å². The molecule has 0 saturated heterocycles. The van der Waals surface area contributed by atoms with Crippen LogP contribution in [0.1, 0.15) is 12.8 Å². The van der Waals surface area contributed by atoms with E-state index in [0.717, 1.165) is 27.6 Å². The van der Waals surface area contributed by atoms with Crippen LogP contribution in [0, 0.1) is 3.70 Å². The number of aromatic hydroxyl groups is 1. The van der Waals surface area contributed by atoms with Crippen molar-refractivity contribution in [1.82, 2.24) is 14.8 Å². The van der Waals surface area contributed by atoms with Crippen LogP contribution < -0.4 is 21.0 Å². The molecule has 1 fully saturated rings. The molecule has 116 valence electrons. The van der Waals surface area contributed by atoms with Crippen LogP contribution in [0.2, 0.25) is 0 Å². The Hall–Kier alpha value is -1.64. The zero-order chi connectivity index (χ0) is 16.0. The Morgan fingerprint density at radius 2 is 2.04 bits per heavy atom. The summed E-state index contributed by atoms with van der Waals surface area (Å²) in [4.78, 5) is 0. The van der Waals surface area contributed by atoms with Gasteiger partial charge in [-0.05, 0) is 0 Å². The summed E-state index contributed by atoms with van der Waals surface area (Å²) < 4.78 is 16.6. The molecule has 4 rings (SSSR count). The second-order valence-electron chi connectivity index (χ2n) is 5.79. The number of phenolic OH excluding ortho intramolecular Hbond substituents is 1. The Bertz CT molecular complexity index is 894. The first-order valence-electron chi connectivity index (χ1n) is 7.26. The van der Waals surface area contributed by atoms with E-state index in [-0.39, 0.29) is 5.75 Å². The molecule has 1 N–H and O–H groups in total. The minimum atomic E-state index is -0.685. The summed E-state index contributed by atoms with van der Waals surface area (Å²) in [5.74, 6) is 0.150. The number of aromatic nitrogens is 3. The number of para-hydroxylation sites is 1. The standard InChI is InChI=1S/C16H13BFIN3O/c17-19-15-8-12-13(22(15)16(9-18)5-6-16)7-11(20-21-12)10-3-1-2-4-14(10)23/h1-4,7-8,23H,5-6,9H2/q-1. The summed E-state index contributed by atoms with van der Waals surface area (Å²) in [5.41, 5.74) is 8.24. The summed E-state index contributed by atoms with van der Waals surface area (Å²) in [6, 6.07) is 10.8. The predicted octanol–water partition coefficient (Wildman–Crippen LogP) is -0.395. The van der Waals surface area contributed by atoms with Crippen LogP contribution in [0.15, 0.2) is 36.4 Å². The van der Waals surface area contributed by atoms with Gasteiger partial charge in [0.15, 0.2) is 0 Å². The van der Waals surface area contributed by atoms with Gasteiger partial charge in [-0.25, -0.2) is 0 Å². The average Bonchev–Trinajstić information content (AvgIpc) is 3.28. The van der Waals surface area contributed by atoms with Crippen LogP contribution in [-0.4, -0.2) is 32.2 Å². The zero-order valence-electron chi connectivity index (χ0n) is 12.2. The normalized spacial score (nSPS) is 16.0. The molecule has 3 aromatic rings. The molecular weight excluding hydrogens is 407 g/mol. The monoisotopic (exact) mass is 420 g/mol. The third-order valence-electron chi connectivity index (χ3n) is 4.35. The second kappa shape index (κ2) is 5.47. The summed E-state index contributed by atoms with van der Waals surface area (Å²) >= 11 is -0.685. The molecule has 2 aromatic heterocycles. The van der Waals surface area contributed by atoms with Gasteiger partial charge >= 0.3 is 144 Å². The van der Waals surface area contributed by atoms with Gasteiger partial charge in [-0.2, -0.15) is 0 Å². The minimum absolute atomic E-state index is 0.150. The zero-order valence-corrected chi connectivity index (χ0v) is 14.4. The van der Waals surface area contributed by atoms with Crippen LogP contribution in [0.3, 0.4) is 0 Å². The van der Waals surface area contributed by atoms with Gasteiger partial charge in [0, 0.05) is 0 Å². The first-order valence-corrected chi connectivity index (χ1v) is 9.58. The van der Waals surface area contributed by atoms with Gasteiger partial charge in [-0.3, -0.25) is 0 Å². The quantitative estimate of drug-likeness (QED) is 0.462. The van der Waals surface area contributed by atoms with Crippen LogP contribution in [-0.2, 0) is 5.54 Å². The molecule has 2 radical (unpaired) electrons. The molecule has 0 aliphatic heterocycles. The van der Waals surface area contributed by atoms with Crippen LogP contribution in [0.5, 0.6) is 5.75 Å². The predicted molar refractivity (Wildman–Crippen MR) is 82.3 cm³/mol. The maximum atomic E-state index is 13.6. The Kier molecular flexibility index (Phi) is 3.55. The van der Waals surface area contributed by atoms with Crippen molar-refractivity contribution >= 4 is 16.7 Å². The Morgan fingerprint density at radius 1 is 1.26 bits per heavy atom. The van der Waals surface area contributed by atoms with Crippen LogP contribution in [0.25, 0.3) is 22.3 Å². The van der Waals surface area contributed by atoms with Crippen molar-refractivity contribution in [1.29, 1.82) is 0 Å². The number of benzene rings is 1. The van der Waals surface area contributed by atoms with Gasteiger partial charge in [0.25, 0.3) is 0 Å². The third-order valence-corrected chi connectivity index (χ3v) is 5.79. The molecule has 1 aliphatic carbocycles. The number of nitrogens with zero attached hydrogens (tertiary/aromatic N) is 3. The fourth-order valence-electron chi connectivity index (χ4n) is 2.91. The van der Waals surface area contributed by atoms with Gasteiger partial charge in [-0.1, -0.05) is 0 Å². The fraction of sp³-hybridized carbons (Fsp3) is 0.250. The molecule has 1 saturated carbocycles. The summed E-state index contributed by atoms with van der Waals surface area (Å²) in [6.07, 6.45) is 1.64. The Labute approximate surface area is 144 Å². The molecule has 0 atom stereocenters. The fourth-order valence-corrected chi connectivity index (χ4v) is 4.44. The van der Waals surface area contributed by atoms with Gasteiger partial charge in [0.05, 0.1) is 0 Å². The SMILES string of the molecule is [B][I-]c1cc2nnc(-c3ccccc3O)cc2n1C1(CF)CC1. The van der Waals surface area contributed by atoms with Crippen molar-refractivity contribution in [3.63, 3.8) is 0 Å². The van der Waals surface area contributed by atoms with Gasteiger partial charge in [0.1, 0.15) is 0 Å². The second-order valence-corrected chi connectivity index (χ2v) is 7.51. The summed E-state index contributed by atoms with van der Waals surface area (Å²) in [6.45, 7) is -0.401. The van der Waals surface area contributed by atoms with E-state index in [4.69, 9.17) is 5.70 Å². The van der Waals surface area contributed by atoms with Gasteiger partial charge < -0.3 is 0 Å². The molecule has 0 unspecified atom stereocenters. The molecule has 1 aliphatic rings. The molecule has 2 heterocycles. The van der Waals surface area contributed by atoms with E-state index in [2.05, 4.69) is 10.2 Å². The van der Waals surface area contributed by atoms with E-state index in [1.54, 1.807) is 18.2 Å². The van der Waals surface area contributed by atoms with E-state index in [1.165, 1.54) is 0 Å². The molecule has 4 nitrogen and oxygen atoms in total. The first kappa shape index (κ1) is 14.9. The van der Waals surface area contributed by atoms with E-state index in [9.17, 15) is 9.50 Å². The number of hydrogen-bond acceptors (Lipinski definition) is 3. The first-order chi connectivity index (χ1) is 11.2. The van der Waals surface area contributed by atoms with Crippen molar-refractivity contribution < 1.29 is 30.5 Å². The molecule has 0 bridgehead atoms. The Balaban J connectivity index is 1.95. The van der Waals surface area contributed by atoms with E-state index < -0.39 is 33.2 Å². The molecule has 23 heavy (non-hydrogen) atoms. The van der Waals surface area contributed by atoms with Crippen molar-refractivity contribution in [2.45, 2.75) is 18.4 Å². The number of hydrogen-bond donors (Lipinski definition) is 1. The summed E-state index contributed by atoms with van der Waals surface area (Å²) in [5, 5.41) is 18.5. The van der Waals surface area contributed by atoms with Crippen LogP contribution in [0.4, 0.5) is 4.39 Å².